The summed E-state index contributed by atoms with van der Waals surface area (Å²) in [4.78, 5) is 10.1. The molecule has 0 saturated heterocycles. The zero-order valence-corrected chi connectivity index (χ0v) is 12.4. The van der Waals surface area contributed by atoms with Gasteiger partial charge in [-0.1, -0.05) is 23.7 Å². The van der Waals surface area contributed by atoms with Crippen LogP contribution in [0.5, 0.6) is 0 Å². The van der Waals surface area contributed by atoms with Gasteiger partial charge in [-0.15, -0.1) is 11.3 Å². The summed E-state index contributed by atoms with van der Waals surface area (Å²) in [5.74, 6) is 1.43. The lowest BCUT2D eigenvalue weighted by Crippen LogP contribution is -2.04. The summed E-state index contributed by atoms with van der Waals surface area (Å²) in [6, 6.07) is 11.9. The third kappa shape index (κ3) is 2.69. The lowest BCUT2D eigenvalue weighted by molar-refractivity contribution is 1.12. The molecule has 1 aromatic carbocycles. The van der Waals surface area contributed by atoms with Crippen molar-refractivity contribution < 1.29 is 0 Å². The van der Waals surface area contributed by atoms with Gasteiger partial charge < -0.3 is 10.6 Å². The Labute approximate surface area is 125 Å². The van der Waals surface area contributed by atoms with Crippen LogP contribution >= 0.6 is 22.9 Å². The first-order valence-corrected chi connectivity index (χ1v) is 7.38. The molecule has 2 aromatic heterocycles. The van der Waals surface area contributed by atoms with E-state index in [4.69, 9.17) is 11.6 Å². The highest BCUT2D eigenvalue weighted by atomic mass is 35.5. The summed E-state index contributed by atoms with van der Waals surface area (Å²) in [5, 5.41) is 7.34. The molecule has 102 valence electrons. The SMILES string of the molecule is CNc1nc(NCc2ccc(Cl)s2)c2ccccc2n1. The Hall–Kier alpha value is -1.85. The molecule has 4 nitrogen and oxygen atoms in total. The third-order valence-electron chi connectivity index (χ3n) is 2.89. The van der Waals surface area contributed by atoms with Crippen molar-refractivity contribution in [3.63, 3.8) is 0 Å². The summed E-state index contributed by atoms with van der Waals surface area (Å²) in [6.45, 7) is 0.696. The summed E-state index contributed by atoms with van der Waals surface area (Å²) in [5.41, 5.74) is 0.915. The van der Waals surface area contributed by atoms with E-state index in [1.807, 2.05) is 43.4 Å². The maximum absolute atomic E-state index is 5.94. The van der Waals surface area contributed by atoms with Crippen LogP contribution in [0, 0.1) is 0 Å². The molecular formula is C14H13ClN4S. The highest BCUT2D eigenvalue weighted by molar-refractivity contribution is 7.16. The number of thiophene rings is 1. The number of benzene rings is 1. The van der Waals surface area contributed by atoms with Gasteiger partial charge in [0.05, 0.1) is 16.4 Å². The average molecular weight is 305 g/mol. The monoisotopic (exact) mass is 304 g/mol. The number of nitrogens with one attached hydrogen (secondary N) is 2. The molecule has 0 spiro atoms. The van der Waals surface area contributed by atoms with Crippen LogP contribution in [0.1, 0.15) is 4.88 Å². The van der Waals surface area contributed by atoms with Gasteiger partial charge in [-0.05, 0) is 24.3 Å². The van der Waals surface area contributed by atoms with Gasteiger partial charge in [-0.3, -0.25) is 0 Å². The minimum atomic E-state index is 0.607. The Balaban J connectivity index is 1.93. The summed E-state index contributed by atoms with van der Waals surface area (Å²) in [7, 11) is 1.81. The Kier molecular flexibility index (Phi) is 3.71. The number of fused-ring (bicyclic) bond motifs is 1. The number of anilines is 2. The fourth-order valence-corrected chi connectivity index (χ4v) is 2.97. The van der Waals surface area contributed by atoms with Crippen LogP contribution in [0.15, 0.2) is 36.4 Å². The highest BCUT2D eigenvalue weighted by Crippen LogP contribution is 2.25. The summed E-state index contributed by atoms with van der Waals surface area (Å²) >= 11 is 7.51. The van der Waals surface area contributed by atoms with Crippen molar-refractivity contribution in [1.82, 2.24) is 9.97 Å². The second-order valence-corrected chi connectivity index (χ2v) is 6.02. The molecule has 6 heteroatoms. The molecule has 20 heavy (non-hydrogen) atoms. The first-order chi connectivity index (χ1) is 9.76. The number of aromatic nitrogens is 2. The second-order valence-electron chi connectivity index (χ2n) is 4.22. The van der Waals surface area contributed by atoms with Crippen LogP contribution in [0.3, 0.4) is 0 Å². The van der Waals surface area contributed by atoms with Gasteiger partial charge >= 0.3 is 0 Å². The van der Waals surface area contributed by atoms with Crippen molar-refractivity contribution >= 4 is 45.6 Å². The minimum Gasteiger partial charge on any atom is -0.364 e. The molecule has 0 bridgehead atoms. The molecule has 0 amide bonds. The second kappa shape index (κ2) is 5.64. The van der Waals surface area contributed by atoms with E-state index in [9.17, 15) is 0 Å². The number of halogens is 1. The van der Waals surface area contributed by atoms with Crippen molar-refractivity contribution in [3.8, 4) is 0 Å². The molecular weight excluding hydrogens is 292 g/mol. The van der Waals surface area contributed by atoms with E-state index in [0.717, 1.165) is 21.1 Å². The lowest BCUT2D eigenvalue weighted by atomic mass is 10.2. The highest BCUT2D eigenvalue weighted by Gasteiger charge is 2.07. The maximum Gasteiger partial charge on any atom is 0.224 e. The van der Waals surface area contributed by atoms with Gasteiger partial charge in [0.15, 0.2) is 0 Å². The van der Waals surface area contributed by atoms with E-state index < -0.39 is 0 Å². The molecule has 2 N–H and O–H groups in total. The fraction of sp³-hybridized carbons (Fsp3) is 0.143. The first-order valence-electron chi connectivity index (χ1n) is 6.19. The molecule has 2 heterocycles. The van der Waals surface area contributed by atoms with Crippen molar-refractivity contribution in [2.75, 3.05) is 17.7 Å². The smallest absolute Gasteiger partial charge is 0.224 e. The molecule has 3 aromatic rings. The zero-order chi connectivity index (χ0) is 13.9. The summed E-state index contributed by atoms with van der Waals surface area (Å²) < 4.78 is 0.797. The topological polar surface area (TPSA) is 49.8 Å². The third-order valence-corrected chi connectivity index (χ3v) is 4.12. The van der Waals surface area contributed by atoms with E-state index >= 15 is 0 Å². The van der Waals surface area contributed by atoms with Gasteiger partial charge in [0, 0.05) is 17.3 Å². The van der Waals surface area contributed by atoms with E-state index in [1.165, 1.54) is 4.88 Å². The Bertz CT molecular complexity index is 741. The van der Waals surface area contributed by atoms with Crippen LogP contribution in [0.25, 0.3) is 10.9 Å². The maximum atomic E-state index is 5.94. The van der Waals surface area contributed by atoms with Gasteiger partial charge in [-0.2, -0.15) is 4.98 Å². The Morgan fingerprint density at radius 1 is 1.15 bits per heavy atom. The molecule has 3 rings (SSSR count). The zero-order valence-electron chi connectivity index (χ0n) is 10.9. The van der Waals surface area contributed by atoms with Gasteiger partial charge in [-0.25, -0.2) is 4.98 Å². The minimum absolute atomic E-state index is 0.607. The van der Waals surface area contributed by atoms with Crippen molar-refractivity contribution in [3.05, 3.63) is 45.6 Å². The van der Waals surface area contributed by atoms with Crippen molar-refractivity contribution in [2.45, 2.75) is 6.54 Å². The largest absolute Gasteiger partial charge is 0.364 e. The molecule has 0 saturated carbocycles. The van der Waals surface area contributed by atoms with Crippen LogP contribution in [-0.2, 0) is 6.54 Å². The van der Waals surface area contributed by atoms with E-state index in [-0.39, 0.29) is 0 Å². The molecule has 0 fully saturated rings. The lowest BCUT2D eigenvalue weighted by Gasteiger charge is -2.09. The fourth-order valence-electron chi connectivity index (χ4n) is 1.94. The Morgan fingerprint density at radius 3 is 2.75 bits per heavy atom. The predicted molar refractivity (Wildman–Crippen MR) is 85.7 cm³/mol. The number of para-hydroxylation sites is 1. The van der Waals surface area contributed by atoms with Crippen LogP contribution in [0.2, 0.25) is 4.34 Å². The van der Waals surface area contributed by atoms with Gasteiger partial charge in [0.2, 0.25) is 5.95 Å². The van der Waals surface area contributed by atoms with Crippen molar-refractivity contribution in [1.29, 1.82) is 0 Å². The molecule has 0 unspecified atom stereocenters. The van der Waals surface area contributed by atoms with E-state index in [2.05, 4.69) is 20.6 Å². The molecule has 0 aliphatic rings. The standard InChI is InChI=1S/C14H13ClN4S/c1-16-14-18-11-5-3-2-4-10(11)13(19-14)17-8-9-6-7-12(15)20-9/h2-7H,8H2,1H3,(H2,16,17,18,19). The first kappa shape index (κ1) is 13.1. The summed E-state index contributed by atoms with van der Waals surface area (Å²) in [6.07, 6.45) is 0. The van der Waals surface area contributed by atoms with Gasteiger partial charge in [0.25, 0.3) is 0 Å². The average Bonchev–Trinajstić information content (AvgIpc) is 2.90. The number of hydrogen-bond acceptors (Lipinski definition) is 5. The number of hydrogen-bond donors (Lipinski definition) is 2. The molecule has 0 aliphatic carbocycles. The molecule has 0 atom stereocenters. The Morgan fingerprint density at radius 2 is 2.00 bits per heavy atom. The van der Waals surface area contributed by atoms with E-state index in [0.29, 0.717) is 12.5 Å². The number of nitrogens with zero attached hydrogens (tertiary/aromatic N) is 2. The molecule has 0 aliphatic heterocycles. The van der Waals surface area contributed by atoms with Crippen LogP contribution in [-0.4, -0.2) is 17.0 Å². The number of rotatable bonds is 4. The molecule has 0 radical (unpaired) electrons. The normalized spacial score (nSPS) is 10.7. The van der Waals surface area contributed by atoms with Gasteiger partial charge in [0.1, 0.15) is 5.82 Å². The van der Waals surface area contributed by atoms with E-state index in [1.54, 1.807) is 11.3 Å². The quantitative estimate of drug-likeness (QED) is 0.765. The van der Waals surface area contributed by atoms with Crippen molar-refractivity contribution in [2.24, 2.45) is 0 Å². The predicted octanol–water partition coefficient (Wildman–Crippen LogP) is 4.00. The van der Waals surface area contributed by atoms with Crippen LogP contribution in [0.4, 0.5) is 11.8 Å². The van der Waals surface area contributed by atoms with Crippen LogP contribution < -0.4 is 10.6 Å².